The minimum absolute atomic E-state index is 0.426. The molecule has 1 aliphatic heterocycles. The average Bonchev–Trinajstić information content (AvgIpc) is 2.88. The van der Waals surface area contributed by atoms with Gasteiger partial charge in [-0.1, -0.05) is 20.8 Å². The van der Waals surface area contributed by atoms with Gasteiger partial charge in [0.15, 0.2) is 0 Å². The van der Waals surface area contributed by atoms with Crippen molar-refractivity contribution in [2.45, 2.75) is 65.0 Å². The van der Waals surface area contributed by atoms with Crippen LogP contribution in [0.5, 0.6) is 0 Å². The molecule has 2 aliphatic rings. The summed E-state index contributed by atoms with van der Waals surface area (Å²) in [6.07, 6.45) is 7.08. The highest BCUT2D eigenvalue weighted by Gasteiger charge is 2.36. The molecule has 1 heterocycles. The molecule has 3 nitrogen and oxygen atoms in total. The standard InChI is InChI=1S/C17H34N2O/c1-17(2,3)14-7-5-13(6-8-14)16(11-18)19-10-9-15(12-19)20-4/h13-16H,5-12,18H2,1-4H3. The van der Waals surface area contributed by atoms with E-state index in [2.05, 4.69) is 25.7 Å². The molecule has 118 valence electrons. The average molecular weight is 282 g/mol. The van der Waals surface area contributed by atoms with E-state index < -0.39 is 0 Å². The number of hydrogen-bond donors (Lipinski definition) is 1. The molecule has 0 bridgehead atoms. The van der Waals surface area contributed by atoms with Crippen molar-refractivity contribution in [2.24, 2.45) is 23.0 Å². The molecular weight excluding hydrogens is 248 g/mol. The second-order valence-electron chi connectivity index (χ2n) is 7.92. The molecule has 1 saturated carbocycles. The number of hydrogen-bond acceptors (Lipinski definition) is 3. The van der Waals surface area contributed by atoms with Crippen LogP contribution in [0.15, 0.2) is 0 Å². The molecule has 1 aliphatic carbocycles. The zero-order valence-corrected chi connectivity index (χ0v) is 13.9. The van der Waals surface area contributed by atoms with E-state index in [-0.39, 0.29) is 0 Å². The summed E-state index contributed by atoms with van der Waals surface area (Å²) in [5, 5.41) is 0. The maximum Gasteiger partial charge on any atom is 0.0710 e. The van der Waals surface area contributed by atoms with Gasteiger partial charge in [-0.05, 0) is 49.4 Å². The van der Waals surface area contributed by atoms with Gasteiger partial charge in [0.1, 0.15) is 0 Å². The van der Waals surface area contributed by atoms with Gasteiger partial charge in [0.2, 0.25) is 0 Å². The van der Waals surface area contributed by atoms with Gasteiger partial charge in [0.25, 0.3) is 0 Å². The maximum absolute atomic E-state index is 6.11. The molecule has 2 unspecified atom stereocenters. The number of nitrogens with zero attached hydrogens (tertiary/aromatic N) is 1. The lowest BCUT2D eigenvalue weighted by atomic mass is 9.68. The summed E-state index contributed by atoms with van der Waals surface area (Å²) < 4.78 is 5.50. The van der Waals surface area contributed by atoms with Gasteiger partial charge < -0.3 is 10.5 Å². The first-order chi connectivity index (χ1) is 9.45. The highest BCUT2D eigenvalue weighted by atomic mass is 16.5. The Kier molecular flexibility index (Phi) is 5.49. The lowest BCUT2D eigenvalue weighted by Crippen LogP contribution is -2.46. The molecule has 0 aromatic carbocycles. The van der Waals surface area contributed by atoms with Crippen LogP contribution in [0.4, 0.5) is 0 Å². The van der Waals surface area contributed by atoms with Crippen molar-refractivity contribution in [1.29, 1.82) is 0 Å². The first-order valence-corrected chi connectivity index (χ1v) is 8.42. The molecule has 2 fully saturated rings. The van der Waals surface area contributed by atoms with Crippen LogP contribution >= 0.6 is 0 Å². The van der Waals surface area contributed by atoms with Crippen LogP contribution in [0, 0.1) is 17.3 Å². The van der Waals surface area contributed by atoms with Crippen LogP contribution < -0.4 is 5.73 Å². The van der Waals surface area contributed by atoms with Crippen molar-refractivity contribution in [1.82, 2.24) is 4.90 Å². The maximum atomic E-state index is 6.11. The van der Waals surface area contributed by atoms with E-state index in [0.717, 1.165) is 24.9 Å². The third kappa shape index (κ3) is 3.75. The number of rotatable bonds is 4. The largest absolute Gasteiger partial charge is 0.380 e. The van der Waals surface area contributed by atoms with Crippen LogP contribution in [-0.2, 0) is 4.74 Å². The van der Waals surface area contributed by atoms with Crippen molar-refractivity contribution in [3.05, 3.63) is 0 Å². The summed E-state index contributed by atoms with van der Waals surface area (Å²) in [4.78, 5) is 2.59. The highest BCUT2D eigenvalue weighted by molar-refractivity contribution is 4.90. The van der Waals surface area contributed by atoms with Crippen LogP contribution in [0.25, 0.3) is 0 Å². The van der Waals surface area contributed by atoms with E-state index in [4.69, 9.17) is 10.5 Å². The smallest absolute Gasteiger partial charge is 0.0710 e. The monoisotopic (exact) mass is 282 g/mol. The quantitative estimate of drug-likeness (QED) is 0.861. The molecule has 20 heavy (non-hydrogen) atoms. The molecule has 0 amide bonds. The van der Waals surface area contributed by atoms with E-state index in [9.17, 15) is 0 Å². The first kappa shape index (κ1) is 16.3. The molecule has 2 rings (SSSR count). The fourth-order valence-electron chi connectivity index (χ4n) is 4.26. The van der Waals surface area contributed by atoms with Crippen molar-refractivity contribution in [3.8, 4) is 0 Å². The summed E-state index contributed by atoms with van der Waals surface area (Å²) in [6, 6.07) is 0.580. The molecule has 0 radical (unpaired) electrons. The Morgan fingerprint density at radius 1 is 1.15 bits per heavy atom. The zero-order chi connectivity index (χ0) is 14.8. The van der Waals surface area contributed by atoms with Gasteiger partial charge >= 0.3 is 0 Å². The van der Waals surface area contributed by atoms with Gasteiger partial charge in [0.05, 0.1) is 6.10 Å². The number of likely N-dealkylation sites (tertiary alicyclic amines) is 1. The molecule has 0 spiro atoms. The highest BCUT2D eigenvalue weighted by Crippen LogP contribution is 2.41. The van der Waals surface area contributed by atoms with E-state index in [0.29, 0.717) is 17.6 Å². The number of methoxy groups -OCH3 is 1. The van der Waals surface area contributed by atoms with Crippen molar-refractivity contribution >= 4 is 0 Å². The van der Waals surface area contributed by atoms with Crippen LogP contribution in [0.3, 0.4) is 0 Å². The van der Waals surface area contributed by atoms with Crippen molar-refractivity contribution < 1.29 is 4.74 Å². The molecule has 0 aromatic rings. The van der Waals surface area contributed by atoms with Crippen LogP contribution in [0.2, 0.25) is 0 Å². The SMILES string of the molecule is COC1CCN(C(CN)C2CCC(C(C)(C)C)CC2)C1. The fourth-order valence-corrected chi connectivity index (χ4v) is 4.26. The summed E-state index contributed by atoms with van der Waals surface area (Å²) in [5.74, 6) is 1.69. The fraction of sp³-hybridized carbons (Fsp3) is 1.00. The van der Waals surface area contributed by atoms with E-state index >= 15 is 0 Å². The normalized spacial score (nSPS) is 34.4. The zero-order valence-electron chi connectivity index (χ0n) is 13.9. The Balaban J connectivity index is 1.88. The minimum Gasteiger partial charge on any atom is -0.380 e. The summed E-state index contributed by atoms with van der Waals surface area (Å²) in [6.45, 7) is 10.2. The lowest BCUT2D eigenvalue weighted by Gasteiger charge is -2.41. The summed E-state index contributed by atoms with van der Waals surface area (Å²) in [5.41, 5.74) is 6.58. The lowest BCUT2D eigenvalue weighted by molar-refractivity contribution is 0.0718. The predicted molar refractivity (Wildman–Crippen MR) is 84.7 cm³/mol. The van der Waals surface area contributed by atoms with Gasteiger partial charge in [-0.15, -0.1) is 0 Å². The van der Waals surface area contributed by atoms with E-state index in [1.54, 1.807) is 0 Å². The summed E-state index contributed by atoms with van der Waals surface area (Å²) >= 11 is 0. The Labute approximate surface area is 125 Å². The minimum atomic E-state index is 0.426. The second-order valence-corrected chi connectivity index (χ2v) is 7.92. The molecule has 0 aromatic heterocycles. The number of nitrogens with two attached hydrogens (primary N) is 1. The van der Waals surface area contributed by atoms with E-state index in [1.165, 1.54) is 38.6 Å². The Bertz CT molecular complexity index is 292. The second kappa shape index (κ2) is 6.76. The molecule has 2 N–H and O–H groups in total. The van der Waals surface area contributed by atoms with Gasteiger partial charge in [-0.2, -0.15) is 0 Å². The Morgan fingerprint density at radius 2 is 1.80 bits per heavy atom. The topological polar surface area (TPSA) is 38.5 Å². The predicted octanol–water partition coefficient (Wildman–Crippen LogP) is 2.89. The van der Waals surface area contributed by atoms with E-state index in [1.807, 2.05) is 7.11 Å². The van der Waals surface area contributed by atoms with Crippen molar-refractivity contribution in [3.63, 3.8) is 0 Å². The molecular formula is C17H34N2O. The third-order valence-electron chi connectivity index (χ3n) is 5.76. The van der Waals surface area contributed by atoms with Gasteiger partial charge in [-0.25, -0.2) is 0 Å². The van der Waals surface area contributed by atoms with Crippen molar-refractivity contribution in [2.75, 3.05) is 26.7 Å². The Hall–Kier alpha value is -0.120. The van der Waals surface area contributed by atoms with Gasteiger partial charge in [0, 0.05) is 32.8 Å². The third-order valence-corrected chi connectivity index (χ3v) is 5.76. The summed E-state index contributed by atoms with van der Waals surface area (Å²) in [7, 11) is 1.83. The molecule has 3 heteroatoms. The number of ether oxygens (including phenoxy) is 1. The first-order valence-electron chi connectivity index (χ1n) is 8.42. The van der Waals surface area contributed by atoms with Crippen LogP contribution in [0.1, 0.15) is 52.9 Å². The van der Waals surface area contributed by atoms with Gasteiger partial charge in [-0.3, -0.25) is 4.90 Å². The molecule has 2 atom stereocenters. The van der Waals surface area contributed by atoms with Crippen LogP contribution in [-0.4, -0.2) is 43.8 Å². The molecule has 1 saturated heterocycles. The Morgan fingerprint density at radius 3 is 2.25 bits per heavy atom.